The zero-order chi connectivity index (χ0) is 15.2. The van der Waals surface area contributed by atoms with E-state index in [1.54, 1.807) is 24.3 Å². The van der Waals surface area contributed by atoms with Gasteiger partial charge < -0.3 is 15.9 Å². The molecule has 0 amide bonds. The van der Waals surface area contributed by atoms with Crippen LogP contribution in [-0.4, -0.2) is 37.9 Å². The van der Waals surface area contributed by atoms with Gasteiger partial charge in [0.25, 0.3) is 0 Å². The van der Waals surface area contributed by atoms with E-state index in [1.807, 2.05) is 6.07 Å². The minimum Gasteiger partial charge on any atom is -0.480 e. The Labute approximate surface area is 118 Å². The summed E-state index contributed by atoms with van der Waals surface area (Å²) in [5.74, 6) is -1.21. The first-order chi connectivity index (χ1) is 9.32. The summed E-state index contributed by atoms with van der Waals surface area (Å²) in [4.78, 5) is 10.5. The summed E-state index contributed by atoms with van der Waals surface area (Å²) in [5.41, 5.74) is 6.03. The predicted octanol–water partition coefficient (Wildman–Crippen LogP) is 0.959. The van der Waals surface area contributed by atoms with Gasteiger partial charge in [0.05, 0.1) is 6.10 Å². The first kappa shape index (κ1) is 16.6. The molecule has 1 unspecified atom stereocenters. The second-order valence-corrected chi connectivity index (χ2v) is 7.11. The van der Waals surface area contributed by atoms with Crippen LogP contribution in [0.1, 0.15) is 24.5 Å². The lowest BCUT2D eigenvalue weighted by molar-refractivity contribution is -0.138. The number of aliphatic hydroxyl groups excluding tert-OH is 1. The maximum absolute atomic E-state index is 12.0. The molecule has 0 aliphatic rings. The SMILES string of the molecule is N=S(=O)(CC[C@H](N)C(=O)O)CC[C@H](O)c1ccccc1. The largest absolute Gasteiger partial charge is 0.480 e. The molecule has 1 aromatic carbocycles. The van der Waals surface area contributed by atoms with E-state index in [4.69, 9.17) is 15.6 Å². The van der Waals surface area contributed by atoms with E-state index in [2.05, 4.69) is 0 Å². The third kappa shape index (κ3) is 5.68. The lowest BCUT2D eigenvalue weighted by Crippen LogP contribution is -2.32. The number of hydrogen-bond donors (Lipinski definition) is 4. The summed E-state index contributed by atoms with van der Waals surface area (Å²) in [6, 6.07) is 7.84. The van der Waals surface area contributed by atoms with Gasteiger partial charge in [0.15, 0.2) is 0 Å². The number of carbonyl (C=O) groups is 1. The van der Waals surface area contributed by atoms with Gasteiger partial charge in [-0.1, -0.05) is 30.3 Å². The van der Waals surface area contributed by atoms with Gasteiger partial charge in [-0.25, -0.2) is 4.21 Å². The number of hydrogen-bond acceptors (Lipinski definition) is 5. The molecule has 20 heavy (non-hydrogen) atoms. The second kappa shape index (κ2) is 7.37. The summed E-state index contributed by atoms with van der Waals surface area (Å²) in [6.45, 7) is 0. The molecule has 0 saturated heterocycles. The highest BCUT2D eigenvalue weighted by molar-refractivity contribution is 7.92. The fourth-order valence-electron chi connectivity index (χ4n) is 1.69. The van der Waals surface area contributed by atoms with Gasteiger partial charge in [-0.05, 0) is 18.4 Å². The molecule has 0 aliphatic heterocycles. The molecule has 5 N–H and O–H groups in total. The van der Waals surface area contributed by atoms with Crippen molar-refractivity contribution in [1.82, 2.24) is 0 Å². The fraction of sp³-hybridized carbons (Fsp3) is 0.462. The van der Waals surface area contributed by atoms with Crippen molar-refractivity contribution >= 4 is 15.7 Å². The Morgan fingerprint density at radius 2 is 1.80 bits per heavy atom. The third-order valence-corrected chi connectivity index (χ3v) is 4.77. The Morgan fingerprint density at radius 1 is 1.25 bits per heavy atom. The minimum absolute atomic E-state index is 0.000894. The van der Waals surface area contributed by atoms with Crippen LogP contribution in [0.15, 0.2) is 30.3 Å². The first-order valence-electron chi connectivity index (χ1n) is 6.27. The van der Waals surface area contributed by atoms with Gasteiger partial charge in [0.2, 0.25) is 0 Å². The summed E-state index contributed by atoms with van der Waals surface area (Å²) in [5, 5.41) is 18.5. The van der Waals surface area contributed by atoms with E-state index in [0.29, 0.717) is 5.56 Å². The van der Waals surface area contributed by atoms with Crippen molar-refractivity contribution in [1.29, 1.82) is 4.78 Å². The molecular weight excluding hydrogens is 280 g/mol. The Kier molecular flexibility index (Phi) is 6.12. The molecule has 1 rings (SSSR count). The van der Waals surface area contributed by atoms with Gasteiger partial charge in [0, 0.05) is 21.2 Å². The summed E-state index contributed by atoms with van der Waals surface area (Å²) >= 11 is 0. The van der Waals surface area contributed by atoms with Crippen LogP contribution in [-0.2, 0) is 14.5 Å². The molecule has 3 atom stereocenters. The van der Waals surface area contributed by atoms with Crippen LogP contribution in [0.4, 0.5) is 0 Å². The molecular formula is C13H20N2O4S. The lowest BCUT2D eigenvalue weighted by atomic mass is 10.1. The van der Waals surface area contributed by atoms with Gasteiger partial charge >= 0.3 is 5.97 Å². The molecule has 0 aliphatic carbocycles. The van der Waals surface area contributed by atoms with Crippen molar-refractivity contribution in [3.63, 3.8) is 0 Å². The maximum atomic E-state index is 12.0. The molecule has 7 heteroatoms. The Bertz CT molecular complexity index is 531. The summed E-state index contributed by atoms with van der Waals surface area (Å²) in [7, 11) is -2.92. The van der Waals surface area contributed by atoms with Crippen molar-refractivity contribution < 1.29 is 19.2 Å². The quantitative estimate of drug-likeness (QED) is 0.569. The van der Waals surface area contributed by atoms with E-state index >= 15 is 0 Å². The van der Waals surface area contributed by atoms with Crippen LogP contribution in [0, 0.1) is 4.78 Å². The topological polar surface area (TPSA) is 124 Å². The minimum atomic E-state index is -2.92. The van der Waals surface area contributed by atoms with Crippen molar-refractivity contribution in [3.05, 3.63) is 35.9 Å². The number of aliphatic hydroxyl groups is 1. The Balaban J connectivity index is 2.45. The highest BCUT2D eigenvalue weighted by atomic mass is 32.2. The average molecular weight is 300 g/mol. The number of nitrogens with two attached hydrogens (primary N) is 1. The van der Waals surface area contributed by atoms with Crippen molar-refractivity contribution in [3.8, 4) is 0 Å². The van der Waals surface area contributed by atoms with Gasteiger partial charge in [0.1, 0.15) is 6.04 Å². The maximum Gasteiger partial charge on any atom is 0.320 e. The van der Waals surface area contributed by atoms with E-state index in [0.717, 1.165) is 0 Å². The van der Waals surface area contributed by atoms with Gasteiger partial charge in [-0.2, -0.15) is 0 Å². The number of nitrogens with one attached hydrogen (secondary N) is 1. The number of carboxylic acids is 1. The van der Waals surface area contributed by atoms with Crippen LogP contribution >= 0.6 is 0 Å². The number of benzene rings is 1. The molecule has 1 aromatic rings. The predicted molar refractivity (Wildman–Crippen MR) is 76.8 cm³/mol. The number of aliphatic carboxylic acids is 1. The highest BCUT2D eigenvalue weighted by Crippen LogP contribution is 2.17. The molecule has 112 valence electrons. The van der Waals surface area contributed by atoms with E-state index in [1.165, 1.54) is 0 Å². The Hall–Kier alpha value is -1.44. The summed E-state index contributed by atoms with van der Waals surface area (Å²) in [6.07, 6.45) is -0.566. The lowest BCUT2D eigenvalue weighted by Gasteiger charge is -2.13. The Morgan fingerprint density at radius 3 is 2.35 bits per heavy atom. The van der Waals surface area contributed by atoms with Crippen LogP contribution in [0.5, 0.6) is 0 Å². The zero-order valence-electron chi connectivity index (χ0n) is 11.1. The van der Waals surface area contributed by atoms with Crippen LogP contribution in [0.2, 0.25) is 0 Å². The fourth-order valence-corrected chi connectivity index (χ4v) is 3.13. The van der Waals surface area contributed by atoms with Crippen molar-refractivity contribution in [2.75, 3.05) is 11.5 Å². The molecule has 0 bridgehead atoms. The molecule has 0 spiro atoms. The number of carboxylic acid groups (broad SMARTS) is 1. The standard InChI is InChI=1S/C13H20N2O4S/c14-11(13(17)18)6-8-20(15,19)9-7-12(16)10-4-2-1-3-5-10/h1-5,11-12,15-16H,6-9,14H2,(H,17,18)/t11-,12-,20?/m0/s1. The third-order valence-electron chi connectivity index (χ3n) is 2.98. The molecule has 0 heterocycles. The van der Waals surface area contributed by atoms with Gasteiger partial charge in [-0.15, -0.1) is 0 Å². The molecule has 0 radical (unpaired) electrons. The van der Waals surface area contributed by atoms with E-state index in [-0.39, 0.29) is 24.3 Å². The first-order valence-corrected chi connectivity index (χ1v) is 8.17. The molecule has 6 nitrogen and oxygen atoms in total. The average Bonchev–Trinajstić information content (AvgIpc) is 2.43. The van der Waals surface area contributed by atoms with Gasteiger partial charge in [-0.3, -0.25) is 9.57 Å². The molecule has 0 saturated carbocycles. The van der Waals surface area contributed by atoms with Crippen LogP contribution in [0.25, 0.3) is 0 Å². The molecule has 0 aromatic heterocycles. The monoisotopic (exact) mass is 300 g/mol. The normalized spacial score (nSPS) is 17.1. The van der Waals surface area contributed by atoms with Crippen LogP contribution < -0.4 is 5.73 Å². The number of rotatable bonds is 8. The highest BCUT2D eigenvalue weighted by Gasteiger charge is 2.17. The smallest absolute Gasteiger partial charge is 0.320 e. The summed E-state index contributed by atoms with van der Waals surface area (Å²) < 4.78 is 19.6. The van der Waals surface area contributed by atoms with Crippen LogP contribution in [0.3, 0.4) is 0 Å². The van der Waals surface area contributed by atoms with E-state index < -0.39 is 27.8 Å². The zero-order valence-corrected chi connectivity index (χ0v) is 11.9. The molecule has 0 fully saturated rings. The second-order valence-electron chi connectivity index (χ2n) is 4.67. The van der Waals surface area contributed by atoms with Crippen molar-refractivity contribution in [2.45, 2.75) is 25.0 Å². The van der Waals surface area contributed by atoms with Crippen molar-refractivity contribution in [2.24, 2.45) is 5.73 Å². The van der Waals surface area contributed by atoms with E-state index in [9.17, 15) is 14.1 Å².